The minimum Gasteiger partial charge on any atom is -0.494 e. The molecule has 1 saturated heterocycles. The van der Waals surface area contributed by atoms with Gasteiger partial charge in [-0.25, -0.2) is 0 Å². The van der Waals surface area contributed by atoms with Crippen LogP contribution in [0.25, 0.3) is 0 Å². The Labute approximate surface area is 214 Å². The highest BCUT2D eigenvalue weighted by Gasteiger charge is 2.52. The number of unbranched alkanes of at least 4 members (excludes halogenated alkanes) is 1. The summed E-state index contributed by atoms with van der Waals surface area (Å²) in [5.74, 6) is 1.46. The zero-order chi connectivity index (χ0) is 25.1. The number of amides is 1. The van der Waals surface area contributed by atoms with Gasteiger partial charge in [0.2, 0.25) is 0 Å². The van der Waals surface area contributed by atoms with Gasteiger partial charge in [0.25, 0.3) is 5.91 Å². The first-order valence-electron chi connectivity index (χ1n) is 13.9. The van der Waals surface area contributed by atoms with E-state index in [0.717, 1.165) is 82.7 Å². The number of Topliss-reactive ketones (excluding diaryl/α,β-unsaturated/α-hetero) is 1. The summed E-state index contributed by atoms with van der Waals surface area (Å²) in [5.41, 5.74) is 1.52. The zero-order valence-corrected chi connectivity index (χ0v) is 21.7. The van der Waals surface area contributed by atoms with Crippen molar-refractivity contribution in [2.24, 2.45) is 11.8 Å². The number of ether oxygens (including phenoxy) is 3. The predicted molar refractivity (Wildman–Crippen MR) is 137 cm³/mol. The number of benzene rings is 1. The monoisotopic (exact) mass is 496 g/mol. The lowest BCUT2D eigenvalue weighted by Crippen LogP contribution is -2.41. The first-order valence-corrected chi connectivity index (χ1v) is 13.9. The van der Waals surface area contributed by atoms with Gasteiger partial charge in [-0.1, -0.05) is 32.4 Å². The largest absolute Gasteiger partial charge is 0.494 e. The van der Waals surface area contributed by atoms with Crippen LogP contribution in [0.1, 0.15) is 64.0 Å². The number of carbonyl (C=O) groups is 2. The lowest BCUT2D eigenvalue weighted by Gasteiger charge is -2.37. The third kappa shape index (κ3) is 5.18. The van der Waals surface area contributed by atoms with E-state index in [2.05, 4.69) is 18.7 Å². The molecule has 0 bridgehead atoms. The van der Waals surface area contributed by atoms with Crippen LogP contribution in [-0.2, 0) is 19.1 Å². The van der Waals surface area contributed by atoms with E-state index in [1.165, 1.54) is 0 Å². The highest BCUT2D eigenvalue weighted by atomic mass is 16.5. The summed E-state index contributed by atoms with van der Waals surface area (Å²) in [5, 5.41) is 0. The Morgan fingerprint density at radius 2 is 1.81 bits per heavy atom. The number of hydrogen-bond acceptors (Lipinski definition) is 6. The van der Waals surface area contributed by atoms with E-state index in [9.17, 15) is 9.59 Å². The summed E-state index contributed by atoms with van der Waals surface area (Å²) in [6, 6.07) is 7.53. The lowest BCUT2D eigenvalue weighted by atomic mass is 9.74. The van der Waals surface area contributed by atoms with E-state index in [1.54, 1.807) is 0 Å². The Morgan fingerprint density at radius 3 is 2.56 bits per heavy atom. The SMILES string of the molecule is CCCCOc1ccc(C2C3=C(OC4CCC(C)CC4C3=O)C(=O)N2CCCN2CCOCC2)cc1. The van der Waals surface area contributed by atoms with Crippen molar-refractivity contribution in [1.29, 1.82) is 0 Å². The smallest absolute Gasteiger partial charge is 0.290 e. The number of ketones is 1. The lowest BCUT2D eigenvalue weighted by molar-refractivity contribution is -0.136. The minimum absolute atomic E-state index is 0.116. The maximum absolute atomic E-state index is 13.9. The van der Waals surface area contributed by atoms with Gasteiger partial charge in [-0.05, 0) is 55.7 Å². The van der Waals surface area contributed by atoms with Gasteiger partial charge < -0.3 is 19.1 Å². The fraction of sp³-hybridized carbons (Fsp3) is 0.655. The molecule has 0 radical (unpaired) electrons. The third-order valence-corrected chi connectivity index (χ3v) is 8.14. The Bertz CT molecular complexity index is 968. The second kappa shape index (κ2) is 11.3. The molecule has 7 nitrogen and oxygen atoms in total. The highest BCUT2D eigenvalue weighted by Crippen LogP contribution is 2.47. The van der Waals surface area contributed by atoms with E-state index in [4.69, 9.17) is 14.2 Å². The van der Waals surface area contributed by atoms with Crippen LogP contribution in [0, 0.1) is 11.8 Å². The second-order valence-corrected chi connectivity index (χ2v) is 10.8. The molecule has 196 valence electrons. The predicted octanol–water partition coefficient (Wildman–Crippen LogP) is 4.13. The van der Waals surface area contributed by atoms with Crippen LogP contribution in [0.3, 0.4) is 0 Å². The van der Waals surface area contributed by atoms with Gasteiger partial charge in [-0.3, -0.25) is 14.5 Å². The first kappa shape index (κ1) is 25.3. The first-order chi connectivity index (χ1) is 17.6. The van der Waals surface area contributed by atoms with Crippen LogP contribution in [0.4, 0.5) is 0 Å². The molecule has 4 aliphatic rings. The minimum atomic E-state index is -0.396. The van der Waals surface area contributed by atoms with Crippen molar-refractivity contribution in [1.82, 2.24) is 9.80 Å². The van der Waals surface area contributed by atoms with Gasteiger partial charge in [-0.15, -0.1) is 0 Å². The highest BCUT2D eigenvalue weighted by molar-refractivity contribution is 6.11. The molecule has 5 rings (SSSR count). The fourth-order valence-electron chi connectivity index (χ4n) is 6.07. The van der Waals surface area contributed by atoms with Crippen molar-refractivity contribution in [3.05, 3.63) is 41.2 Å². The van der Waals surface area contributed by atoms with Crippen molar-refractivity contribution >= 4 is 11.7 Å². The molecule has 2 fully saturated rings. The molecule has 4 unspecified atom stereocenters. The molecule has 1 aromatic rings. The molecule has 3 aliphatic heterocycles. The molecule has 0 spiro atoms. The van der Waals surface area contributed by atoms with Gasteiger partial charge in [0.1, 0.15) is 11.9 Å². The molecule has 1 aliphatic carbocycles. The number of hydrogen-bond donors (Lipinski definition) is 0. The molecule has 1 amide bonds. The van der Waals surface area contributed by atoms with E-state index in [1.807, 2.05) is 29.2 Å². The molecule has 0 aromatic heterocycles. The molecule has 4 atom stereocenters. The number of nitrogens with zero attached hydrogens (tertiary/aromatic N) is 2. The van der Waals surface area contributed by atoms with E-state index in [-0.39, 0.29) is 23.7 Å². The van der Waals surface area contributed by atoms with Crippen LogP contribution in [0.5, 0.6) is 5.75 Å². The molecular weight excluding hydrogens is 456 g/mol. The number of fused-ring (bicyclic) bond motifs is 1. The molecule has 7 heteroatoms. The van der Waals surface area contributed by atoms with Crippen LogP contribution in [0.2, 0.25) is 0 Å². The van der Waals surface area contributed by atoms with Gasteiger partial charge in [0.05, 0.1) is 37.4 Å². The van der Waals surface area contributed by atoms with Crippen molar-refractivity contribution in [3.8, 4) is 5.75 Å². The summed E-state index contributed by atoms with van der Waals surface area (Å²) in [6.07, 6.45) is 5.49. The maximum Gasteiger partial charge on any atom is 0.290 e. The summed E-state index contributed by atoms with van der Waals surface area (Å²) < 4.78 is 17.6. The van der Waals surface area contributed by atoms with E-state index >= 15 is 0 Å². The molecular formula is C29H40N2O5. The summed E-state index contributed by atoms with van der Waals surface area (Å²) in [4.78, 5) is 31.8. The molecule has 1 aromatic carbocycles. The van der Waals surface area contributed by atoms with Crippen molar-refractivity contribution in [2.75, 3.05) is 46.0 Å². The summed E-state index contributed by atoms with van der Waals surface area (Å²) >= 11 is 0. The van der Waals surface area contributed by atoms with Crippen LogP contribution in [0.15, 0.2) is 35.6 Å². The Kier molecular flexibility index (Phi) is 7.96. The summed E-state index contributed by atoms with van der Waals surface area (Å²) in [7, 11) is 0. The Hall–Kier alpha value is -2.38. The Morgan fingerprint density at radius 1 is 1.03 bits per heavy atom. The maximum atomic E-state index is 13.9. The topological polar surface area (TPSA) is 68.3 Å². The average molecular weight is 497 g/mol. The van der Waals surface area contributed by atoms with Gasteiger partial charge in [-0.2, -0.15) is 0 Å². The van der Waals surface area contributed by atoms with Gasteiger partial charge in [0, 0.05) is 26.2 Å². The van der Waals surface area contributed by atoms with E-state index in [0.29, 0.717) is 30.4 Å². The van der Waals surface area contributed by atoms with Crippen LogP contribution in [-0.4, -0.2) is 73.6 Å². The zero-order valence-electron chi connectivity index (χ0n) is 21.7. The van der Waals surface area contributed by atoms with Crippen molar-refractivity contribution < 1.29 is 23.8 Å². The summed E-state index contributed by atoms with van der Waals surface area (Å²) in [6.45, 7) is 9.91. The standard InChI is InChI=1S/C29H40N2O5/c1-3-4-16-35-22-9-7-21(8-10-22)26-25-27(32)23-19-20(2)6-11-24(23)36-28(25)29(33)31(26)13-5-12-30-14-17-34-18-15-30/h7-10,20,23-24,26H,3-6,11-19H2,1-2H3. The fourth-order valence-corrected chi connectivity index (χ4v) is 6.07. The van der Waals surface area contributed by atoms with E-state index < -0.39 is 6.04 Å². The van der Waals surface area contributed by atoms with Gasteiger partial charge >= 0.3 is 0 Å². The molecule has 0 N–H and O–H groups in total. The number of carbonyl (C=O) groups excluding carboxylic acids is 2. The van der Waals surface area contributed by atoms with Crippen molar-refractivity contribution in [3.63, 3.8) is 0 Å². The second-order valence-electron chi connectivity index (χ2n) is 10.8. The van der Waals surface area contributed by atoms with Gasteiger partial charge in [0.15, 0.2) is 11.5 Å². The Balaban J connectivity index is 1.38. The molecule has 3 heterocycles. The average Bonchev–Trinajstić information content (AvgIpc) is 3.17. The van der Waals surface area contributed by atoms with Crippen molar-refractivity contribution in [2.45, 2.75) is 64.5 Å². The quantitative estimate of drug-likeness (QED) is 0.479. The van der Waals surface area contributed by atoms with Crippen LogP contribution >= 0.6 is 0 Å². The third-order valence-electron chi connectivity index (χ3n) is 8.14. The van der Waals surface area contributed by atoms with Crippen LogP contribution < -0.4 is 4.74 Å². The molecule has 36 heavy (non-hydrogen) atoms. The normalized spacial score (nSPS) is 28.7. The number of morpholine rings is 1. The number of rotatable bonds is 9. The molecule has 1 saturated carbocycles.